The summed E-state index contributed by atoms with van der Waals surface area (Å²) in [5, 5.41) is 47.1. The quantitative estimate of drug-likeness (QED) is 0.0635. The highest BCUT2D eigenvalue weighted by atomic mass is 16.7. The van der Waals surface area contributed by atoms with Crippen molar-refractivity contribution in [2.45, 2.75) is 134 Å². The Kier molecular flexibility index (Phi) is 19.5. The molecule has 0 radical (unpaired) electrons. The van der Waals surface area contributed by atoms with Crippen LogP contribution in [-0.2, 0) is 28.7 Å². The second-order valence-corrected chi connectivity index (χ2v) is 10.0. The summed E-state index contributed by atoms with van der Waals surface area (Å²) in [6.07, 6.45) is 15.1. The zero-order valence-corrected chi connectivity index (χ0v) is 22.8. The van der Waals surface area contributed by atoms with Crippen molar-refractivity contribution in [3.63, 3.8) is 0 Å². The highest BCUT2D eigenvalue weighted by Gasteiger charge is 2.42. The number of carbonyl (C=O) groups is 4. The van der Waals surface area contributed by atoms with Gasteiger partial charge in [-0.25, -0.2) is 4.79 Å². The summed E-state index contributed by atoms with van der Waals surface area (Å²) >= 11 is 0. The SMILES string of the molecule is CCCCCCCCCCCCCCCCCC(=O)OC(O)(CO)COC(=O)CC(O)(CC(=O)O)C(=O)O. The minimum absolute atomic E-state index is 0.00805. The minimum atomic E-state index is -2.91. The number of hydrogen-bond donors (Lipinski definition) is 5. The third-order valence-electron chi connectivity index (χ3n) is 6.27. The highest BCUT2D eigenvalue weighted by molar-refractivity contribution is 5.88. The highest BCUT2D eigenvalue weighted by Crippen LogP contribution is 2.19. The van der Waals surface area contributed by atoms with E-state index in [1.54, 1.807) is 0 Å². The van der Waals surface area contributed by atoms with Crippen molar-refractivity contribution in [3.8, 4) is 0 Å². The lowest BCUT2D eigenvalue weighted by atomic mass is 9.96. The second kappa shape index (κ2) is 20.7. The van der Waals surface area contributed by atoms with E-state index in [0.717, 1.165) is 25.7 Å². The smallest absolute Gasteiger partial charge is 0.336 e. The fourth-order valence-corrected chi connectivity index (χ4v) is 3.96. The zero-order valence-electron chi connectivity index (χ0n) is 22.8. The monoisotopic (exact) mass is 548 g/mol. The van der Waals surface area contributed by atoms with E-state index >= 15 is 0 Å². The molecule has 0 saturated carbocycles. The number of hydrogen-bond acceptors (Lipinski definition) is 9. The van der Waals surface area contributed by atoms with Gasteiger partial charge in [0, 0.05) is 6.42 Å². The maximum absolute atomic E-state index is 12.0. The summed E-state index contributed by atoms with van der Waals surface area (Å²) in [6.45, 7) is 0.114. The summed E-state index contributed by atoms with van der Waals surface area (Å²) in [5.74, 6) is -8.30. The van der Waals surface area contributed by atoms with Gasteiger partial charge in [-0.15, -0.1) is 0 Å². The predicted molar refractivity (Wildman–Crippen MR) is 138 cm³/mol. The summed E-state index contributed by atoms with van der Waals surface area (Å²) in [6, 6.07) is 0. The van der Waals surface area contributed by atoms with Crippen LogP contribution in [0.4, 0.5) is 0 Å². The van der Waals surface area contributed by atoms with E-state index in [-0.39, 0.29) is 6.42 Å². The van der Waals surface area contributed by atoms with Crippen LogP contribution < -0.4 is 0 Å². The third-order valence-corrected chi connectivity index (χ3v) is 6.27. The van der Waals surface area contributed by atoms with Gasteiger partial charge in [0.1, 0.15) is 6.61 Å². The van der Waals surface area contributed by atoms with Crippen molar-refractivity contribution >= 4 is 23.9 Å². The molecule has 0 aliphatic carbocycles. The Hall–Kier alpha value is -2.24. The molecule has 2 unspecified atom stereocenters. The van der Waals surface area contributed by atoms with Crippen LogP contribution in [0.1, 0.15) is 122 Å². The van der Waals surface area contributed by atoms with Gasteiger partial charge in [-0.2, -0.15) is 0 Å². The Bertz CT molecular complexity index is 697. The fraction of sp³-hybridized carbons (Fsp3) is 0.852. The molecule has 5 N–H and O–H groups in total. The van der Waals surface area contributed by atoms with Crippen molar-refractivity contribution in [2.75, 3.05) is 13.2 Å². The zero-order chi connectivity index (χ0) is 28.9. The Morgan fingerprint density at radius 3 is 1.50 bits per heavy atom. The first kappa shape index (κ1) is 35.8. The van der Waals surface area contributed by atoms with Gasteiger partial charge in [-0.3, -0.25) is 14.4 Å². The molecule has 0 rings (SSSR count). The van der Waals surface area contributed by atoms with E-state index < -0.39 is 61.3 Å². The molecule has 38 heavy (non-hydrogen) atoms. The molecule has 0 amide bonds. The van der Waals surface area contributed by atoms with Gasteiger partial charge >= 0.3 is 23.9 Å². The van der Waals surface area contributed by atoms with E-state index in [1.165, 1.54) is 64.2 Å². The van der Waals surface area contributed by atoms with Crippen LogP contribution in [0, 0.1) is 0 Å². The number of rotatable bonds is 25. The molecule has 11 heteroatoms. The van der Waals surface area contributed by atoms with Gasteiger partial charge in [-0.1, -0.05) is 96.8 Å². The summed E-state index contributed by atoms with van der Waals surface area (Å²) in [4.78, 5) is 45.7. The summed E-state index contributed by atoms with van der Waals surface area (Å²) < 4.78 is 9.43. The van der Waals surface area contributed by atoms with Crippen molar-refractivity contribution < 1.29 is 54.2 Å². The van der Waals surface area contributed by atoms with Gasteiger partial charge in [0.05, 0.1) is 12.8 Å². The summed E-state index contributed by atoms with van der Waals surface area (Å²) in [7, 11) is 0. The minimum Gasteiger partial charge on any atom is -0.481 e. The first-order chi connectivity index (χ1) is 18.0. The normalized spacial score (nSPS) is 14.3. The first-order valence-electron chi connectivity index (χ1n) is 13.9. The van der Waals surface area contributed by atoms with Crippen molar-refractivity contribution in [1.82, 2.24) is 0 Å². The lowest BCUT2D eigenvalue weighted by molar-refractivity contribution is -0.242. The molecule has 222 valence electrons. The van der Waals surface area contributed by atoms with Crippen LogP contribution >= 0.6 is 0 Å². The maximum atomic E-state index is 12.0. The van der Waals surface area contributed by atoms with Crippen molar-refractivity contribution in [3.05, 3.63) is 0 Å². The first-order valence-corrected chi connectivity index (χ1v) is 13.9. The number of carboxylic acid groups (broad SMARTS) is 2. The molecule has 11 nitrogen and oxygen atoms in total. The molecule has 0 bridgehead atoms. The average molecular weight is 549 g/mol. The van der Waals surface area contributed by atoms with E-state index in [0.29, 0.717) is 6.42 Å². The number of ether oxygens (including phenoxy) is 2. The molecule has 0 heterocycles. The van der Waals surface area contributed by atoms with Crippen molar-refractivity contribution in [2.24, 2.45) is 0 Å². The number of aliphatic hydroxyl groups is 3. The lowest BCUT2D eigenvalue weighted by Crippen LogP contribution is -2.46. The Labute approximate surface area is 225 Å². The van der Waals surface area contributed by atoms with Gasteiger partial charge in [-0.05, 0) is 6.42 Å². The van der Waals surface area contributed by atoms with Crippen LogP contribution in [0.15, 0.2) is 0 Å². The number of aliphatic carboxylic acids is 2. The number of esters is 2. The molecule has 0 aromatic heterocycles. The molecule has 0 aromatic rings. The molecular formula is C27H48O11. The fourth-order valence-electron chi connectivity index (χ4n) is 3.96. The van der Waals surface area contributed by atoms with E-state index in [9.17, 15) is 34.5 Å². The molecule has 0 spiro atoms. The molecule has 0 saturated heterocycles. The van der Waals surface area contributed by atoms with Crippen LogP contribution in [0.5, 0.6) is 0 Å². The maximum Gasteiger partial charge on any atom is 0.336 e. The average Bonchev–Trinajstić information content (AvgIpc) is 2.84. The number of carboxylic acids is 2. The van der Waals surface area contributed by atoms with Gasteiger partial charge in [0.15, 0.2) is 12.2 Å². The standard InChI is InChI=1S/C27H48O11/c1-2-3-4-5-6-7-8-9-10-11-12-13-14-15-16-17-23(31)38-27(36,20-28)21-37-24(32)19-26(35,25(33)34)18-22(29)30/h28,35-36H,2-21H2,1H3,(H,29,30)(H,33,34). The number of unbranched alkanes of at least 4 members (excludes halogenated alkanes) is 14. The molecule has 0 aliphatic rings. The van der Waals surface area contributed by atoms with Crippen LogP contribution in [0.25, 0.3) is 0 Å². The van der Waals surface area contributed by atoms with Gasteiger partial charge < -0.3 is 35.0 Å². The molecule has 0 aliphatic heterocycles. The predicted octanol–water partition coefficient (Wildman–Crippen LogP) is 3.70. The number of aliphatic hydroxyl groups excluding tert-OH is 1. The second-order valence-electron chi connectivity index (χ2n) is 10.0. The van der Waals surface area contributed by atoms with Crippen molar-refractivity contribution in [1.29, 1.82) is 0 Å². The van der Waals surface area contributed by atoms with Gasteiger partial charge in [0.2, 0.25) is 0 Å². The van der Waals surface area contributed by atoms with Crippen LogP contribution in [-0.4, -0.2) is 74.0 Å². The lowest BCUT2D eigenvalue weighted by Gasteiger charge is -2.26. The van der Waals surface area contributed by atoms with Gasteiger partial charge in [0.25, 0.3) is 5.79 Å². The third kappa shape index (κ3) is 18.1. The largest absolute Gasteiger partial charge is 0.481 e. The number of carbonyl (C=O) groups excluding carboxylic acids is 2. The Morgan fingerprint density at radius 2 is 1.11 bits per heavy atom. The Balaban J connectivity index is 4.01. The van der Waals surface area contributed by atoms with E-state index in [2.05, 4.69) is 11.7 Å². The topological polar surface area (TPSA) is 188 Å². The molecule has 0 aromatic carbocycles. The molecular weight excluding hydrogens is 500 g/mol. The van der Waals surface area contributed by atoms with E-state index in [4.69, 9.17) is 14.9 Å². The van der Waals surface area contributed by atoms with Crippen LogP contribution in [0.3, 0.4) is 0 Å². The molecule has 2 atom stereocenters. The molecule has 0 fully saturated rings. The van der Waals surface area contributed by atoms with E-state index in [1.807, 2.05) is 0 Å². The summed E-state index contributed by atoms with van der Waals surface area (Å²) in [5.41, 5.74) is -2.91. The van der Waals surface area contributed by atoms with Crippen LogP contribution in [0.2, 0.25) is 0 Å². The Morgan fingerprint density at radius 1 is 0.658 bits per heavy atom.